The third-order valence-corrected chi connectivity index (χ3v) is 3.09. The molecule has 0 aromatic carbocycles. The van der Waals surface area contributed by atoms with E-state index in [1.165, 1.54) is 7.05 Å². The van der Waals surface area contributed by atoms with Gasteiger partial charge < -0.3 is 10.2 Å². The number of rotatable bonds is 1. The summed E-state index contributed by atoms with van der Waals surface area (Å²) in [4.78, 5) is 25.6. The zero-order chi connectivity index (χ0) is 11.2. The highest BCUT2D eigenvalue weighted by Gasteiger charge is 2.44. The predicted molar refractivity (Wildman–Crippen MR) is 49.8 cm³/mol. The summed E-state index contributed by atoms with van der Waals surface area (Å²) in [7, 11) is 1.45. The number of likely N-dealkylation sites (tertiary alicyclic amines) is 2. The van der Waals surface area contributed by atoms with Crippen molar-refractivity contribution in [3.8, 4) is 0 Å². The highest BCUT2D eigenvalue weighted by atomic mass is 16.3. The van der Waals surface area contributed by atoms with Gasteiger partial charge in [0.2, 0.25) is 11.8 Å². The summed E-state index contributed by atoms with van der Waals surface area (Å²) in [5, 5.41) is 18.7. The lowest BCUT2D eigenvalue weighted by atomic mass is 10.2. The van der Waals surface area contributed by atoms with E-state index in [0.29, 0.717) is 0 Å². The molecule has 2 N–H and O–H groups in total. The molecule has 0 spiro atoms. The van der Waals surface area contributed by atoms with Crippen molar-refractivity contribution in [1.29, 1.82) is 0 Å². The van der Waals surface area contributed by atoms with Gasteiger partial charge in [0, 0.05) is 20.1 Å². The SMILES string of the molecule is CN1C(=O)CC(N2C[C@@H](O)[C@@H](O)C2)C1=O. The number of nitrogens with zero attached hydrogens (tertiary/aromatic N) is 2. The minimum Gasteiger partial charge on any atom is -0.389 e. The van der Waals surface area contributed by atoms with Crippen LogP contribution in [0.25, 0.3) is 0 Å². The van der Waals surface area contributed by atoms with Gasteiger partial charge >= 0.3 is 0 Å². The second-order valence-corrected chi connectivity index (χ2v) is 4.10. The van der Waals surface area contributed by atoms with Crippen LogP contribution in [0, 0.1) is 0 Å². The van der Waals surface area contributed by atoms with Crippen LogP contribution in [0.1, 0.15) is 6.42 Å². The van der Waals surface area contributed by atoms with Gasteiger partial charge in [-0.25, -0.2) is 0 Å². The molecule has 2 aliphatic heterocycles. The van der Waals surface area contributed by atoms with Gasteiger partial charge in [-0.05, 0) is 0 Å². The summed E-state index contributed by atoms with van der Waals surface area (Å²) in [6.45, 7) is 0.497. The van der Waals surface area contributed by atoms with Crippen LogP contribution in [0.3, 0.4) is 0 Å². The molecule has 2 amide bonds. The van der Waals surface area contributed by atoms with Gasteiger partial charge in [0.1, 0.15) is 0 Å². The molecule has 0 radical (unpaired) electrons. The van der Waals surface area contributed by atoms with Crippen molar-refractivity contribution in [2.45, 2.75) is 24.7 Å². The lowest BCUT2D eigenvalue weighted by molar-refractivity contribution is -0.138. The summed E-state index contributed by atoms with van der Waals surface area (Å²) in [6.07, 6.45) is -1.49. The second-order valence-electron chi connectivity index (χ2n) is 4.10. The average Bonchev–Trinajstić information content (AvgIpc) is 2.63. The molecule has 3 atom stereocenters. The first-order valence-electron chi connectivity index (χ1n) is 4.91. The van der Waals surface area contributed by atoms with Crippen molar-refractivity contribution < 1.29 is 19.8 Å². The average molecular weight is 214 g/mol. The molecule has 0 aromatic rings. The van der Waals surface area contributed by atoms with Crippen molar-refractivity contribution in [3.05, 3.63) is 0 Å². The van der Waals surface area contributed by atoms with Gasteiger partial charge in [-0.3, -0.25) is 19.4 Å². The van der Waals surface area contributed by atoms with Crippen molar-refractivity contribution in [3.63, 3.8) is 0 Å². The highest BCUT2D eigenvalue weighted by molar-refractivity contribution is 6.05. The van der Waals surface area contributed by atoms with Crippen molar-refractivity contribution in [1.82, 2.24) is 9.80 Å². The predicted octanol–water partition coefficient (Wildman–Crippen LogP) is -2.22. The molecule has 2 aliphatic rings. The molecule has 0 saturated carbocycles. The Bertz CT molecular complexity index is 296. The molecule has 0 bridgehead atoms. The zero-order valence-electron chi connectivity index (χ0n) is 8.46. The Labute approximate surface area is 87.1 Å². The normalized spacial score (nSPS) is 38.1. The first-order chi connectivity index (χ1) is 7.00. The lowest BCUT2D eigenvalue weighted by Gasteiger charge is -2.20. The van der Waals surface area contributed by atoms with Crippen LogP contribution >= 0.6 is 0 Å². The Morgan fingerprint density at radius 1 is 1.20 bits per heavy atom. The summed E-state index contributed by atoms with van der Waals surface area (Å²) in [5.41, 5.74) is 0. The Kier molecular flexibility index (Phi) is 2.49. The first kappa shape index (κ1) is 10.5. The van der Waals surface area contributed by atoms with Crippen LogP contribution in [0.5, 0.6) is 0 Å². The number of β-amino-alcohol motifs (C(OH)–C–C–N with tert-alkyl or cyclic N) is 2. The molecule has 6 nitrogen and oxygen atoms in total. The molecular formula is C9H14N2O4. The maximum Gasteiger partial charge on any atom is 0.246 e. The number of hydrogen-bond donors (Lipinski definition) is 2. The molecule has 15 heavy (non-hydrogen) atoms. The van der Waals surface area contributed by atoms with E-state index in [4.69, 9.17) is 0 Å². The van der Waals surface area contributed by atoms with Gasteiger partial charge in [0.25, 0.3) is 0 Å². The third-order valence-electron chi connectivity index (χ3n) is 3.09. The lowest BCUT2D eigenvalue weighted by Crippen LogP contribution is -2.40. The minimum atomic E-state index is -0.821. The smallest absolute Gasteiger partial charge is 0.246 e. The second kappa shape index (κ2) is 3.55. The first-order valence-corrected chi connectivity index (χ1v) is 4.91. The summed E-state index contributed by atoms with van der Waals surface area (Å²) in [5.74, 6) is -0.456. The number of aliphatic hydroxyl groups is 2. The molecule has 0 aromatic heterocycles. The van der Waals surface area contributed by atoms with E-state index in [0.717, 1.165) is 4.90 Å². The van der Waals surface area contributed by atoms with E-state index in [1.807, 2.05) is 0 Å². The number of aliphatic hydroxyl groups excluding tert-OH is 2. The molecule has 2 fully saturated rings. The number of carbonyl (C=O) groups is 2. The van der Waals surface area contributed by atoms with Gasteiger partial charge in [0.15, 0.2) is 0 Å². The standard InChI is InChI=1S/C9H14N2O4/c1-10-8(14)2-5(9(10)15)11-3-6(12)7(13)4-11/h5-7,12-13H,2-4H2,1H3/t5?,6-,7+. The Balaban J connectivity index is 2.07. The highest BCUT2D eigenvalue weighted by Crippen LogP contribution is 2.21. The van der Waals surface area contributed by atoms with Crippen LogP contribution < -0.4 is 0 Å². The summed E-state index contributed by atoms with van der Waals surface area (Å²) < 4.78 is 0. The molecular weight excluding hydrogens is 200 g/mol. The zero-order valence-corrected chi connectivity index (χ0v) is 8.46. The quantitative estimate of drug-likeness (QED) is 0.483. The van der Waals surface area contributed by atoms with Crippen LogP contribution in [0.4, 0.5) is 0 Å². The van der Waals surface area contributed by atoms with E-state index < -0.39 is 18.2 Å². The van der Waals surface area contributed by atoms with Gasteiger partial charge in [0.05, 0.1) is 24.7 Å². The van der Waals surface area contributed by atoms with E-state index in [2.05, 4.69) is 0 Å². The van der Waals surface area contributed by atoms with Crippen molar-refractivity contribution in [2.24, 2.45) is 0 Å². The molecule has 2 saturated heterocycles. The Morgan fingerprint density at radius 2 is 1.73 bits per heavy atom. The van der Waals surface area contributed by atoms with Crippen LogP contribution in [0.2, 0.25) is 0 Å². The summed E-state index contributed by atoms with van der Waals surface area (Å²) >= 11 is 0. The fourth-order valence-electron chi connectivity index (χ4n) is 2.07. The van der Waals surface area contributed by atoms with E-state index in [9.17, 15) is 19.8 Å². The monoisotopic (exact) mass is 214 g/mol. The third kappa shape index (κ3) is 1.64. The number of hydrogen-bond acceptors (Lipinski definition) is 5. The Hall–Kier alpha value is -0.980. The largest absolute Gasteiger partial charge is 0.389 e. The topological polar surface area (TPSA) is 81.1 Å². The Morgan fingerprint density at radius 3 is 2.13 bits per heavy atom. The number of imide groups is 1. The molecule has 84 valence electrons. The van der Waals surface area contributed by atoms with Crippen LogP contribution in [0.15, 0.2) is 0 Å². The maximum atomic E-state index is 11.6. The summed E-state index contributed by atoms with van der Waals surface area (Å²) in [6, 6.07) is -0.505. The van der Waals surface area contributed by atoms with Crippen LogP contribution in [-0.4, -0.2) is 70.2 Å². The molecule has 0 aliphatic carbocycles. The maximum absolute atomic E-state index is 11.6. The van der Waals surface area contributed by atoms with E-state index in [1.54, 1.807) is 4.90 Å². The van der Waals surface area contributed by atoms with Gasteiger partial charge in [-0.1, -0.05) is 0 Å². The van der Waals surface area contributed by atoms with Crippen molar-refractivity contribution in [2.75, 3.05) is 20.1 Å². The fraction of sp³-hybridized carbons (Fsp3) is 0.778. The van der Waals surface area contributed by atoms with Gasteiger partial charge in [-0.15, -0.1) is 0 Å². The van der Waals surface area contributed by atoms with Crippen molar-refractivity contribution >= 4 is 11.8 Å². The molecule has 1 unspecified atom stereocenters. The van der Waals surface area contributed by atoms with E-state index in [-0.39, 0.29) is 31.3 Å². The minimum absolute atomic E-state index is 0.148. The fourth-order valence-corrected chi connectivity index (χ4v) is 2.07. The molecule has 2 heterocycles. The molecule has 6 heteroatoms. The van der Waals surface area contributed by atoms with E-state index >= 15 is 0 Å². The number of likely N-dealkylation sites (N-methyl/N-ethyl adjacent to an activating group) is 1. The number of carbonyl (C=O) groups excluding carboxylic acids is 2. The van der Waals surface area contributed by atoms with Gasteiger partial charge in [-0.2, -0.15) is 0 Å². The van der Waals surface area contributed by atoms with Crippen LogP contribution in [-0.2, 0) is 9.59 Å². The molecule has 2 rings (SSSR count). The number of amides is 2.